The molecule has 84 valence electrons. The molecule has 0 heterocycles. The Morgan fingerprint density at radius 3 is 2.62 bits per heavy atom. The Kier molecular flexibility index (Phi) is 2.84. The van der Waals surface area contributed by atoms with E-state index in [0.29, 0.717) is 5.56 Å². The van der Waals surface area contributed by atoms with Crippen molar-refractivity contribution in [2.24, 2.45) is 4.99 Å². The van der Waals surface area contributed by atoms with E-state index in [2.05, 4.69) is 4.99 Å². The Hall–Kier alpha value is -1.54. The summed E-state index contributed by atoms with van der Waals surface area (Å²) in [6.07, 6.45) is 0.351. The third-order valence-electron chi connectivity index (χ3n) is 2.88. The Morgan fingerprint density at radius 1 is 1.38 bits per heavy atom. The van der Waals surface area contributed by atoms with Crippen LogP contribution in [0, 0.1) is 0 Å². The SMILES string of the molecule is O=C=NC1(c2ccccc2CC(F)F)CC1. The van der Waals surface area contributed by atoms with Crippen molar-refractivity contribution in [2.45, 2.75) is 31.2 Å². The monoisotopic (exact) mass is 223 g/mol. The highest BCUT2D eigenvalue weighted by atomic mass is 19.3. The van der Waals surface area contributed by atoms with Gasteiger partial charge in [0.05, 0.1) is 5.54 Å². The number of aliphatic imine (C=N–C) groups is 1. The van der Waals surface area contributed by atoms with Gasteiger partial charge in [-0.25, -0.2) is 13.6 Å². The van der Waals surface area contributed by atoms with Crippen molar-refractivity contribution < 1.29 is 13.6 Å². The molecule has 2 rings (SSSR count). The molecular weight excluding hydrogens is 212 g/mol. The molecule has 1 saturated carbocycles. The third-order valence-corrected chi connectivity index (χ3v) is 2.88. The van der Waals surface area contributed by atoms with Gasteiger partial charge in [-0.1, -0.05) is 24.3 Å². The van der Waals surface area contributed by atoms with Crippen LogP contribution in [0.4, 0.5) is 8.78 Å². The molecule has 16 heavy (non-hydrogen) atoms. The van der Waals surface area contributed by atoms with E-state index in [1.54, 1.807) is 24.3 Å². The zero-order valence-electron chi connectivity index (χ0n) is 8.62. The topological polar surface area (TPSA) is 29.4 Å². The molecule has 0 amide bonds. The summed E-state index contributed by atoms with van der Waals surface area (Å²) in [5.74, 6) is 0. The first-order valence-corrected chi connectivity index (χ1v) is 5.13. The molecule has 0 saturated heterocycles. The maximum atomic E-state index is 12.4. The molecule has 1 aliphatic rings. The van der Waals surface area contributed by atoms with Crippen LogP contribution in [0.3, 0.4) is 0 Å². The number of isocyanates is 1. The summed E-state index contributed by atoms with van der Waals surface area (Å²) in [4.78, 5) is 14.1. The van der Waals surface area contributed by atoms with Gasteiger partial charge in [-0.05, 0) is 24.0 Å². The maximum Gasteiger partial charge on any atom is 0.242 e. The standard InChI is InChI=1S/C12H11F2NO/c13-11(14)7-9-3-1-2-4-10(9)12(5-6-12)15-8-16/h1-4,11H,5-7H2. The second kappa shape index (κ2) is 4.14. The van der Waals surface area contributed by atoms with E-state index in [1.807, 2.05) is 0 Å². The molecule has 0 N–H and O–H groups in total. The van der Waals surface area contributed by atoms with Gasteiger partial charge in [0.25, 0.3) is 0 Å². The lowest BCUT2D eigenvalue weighted by atomic mass is 9.97. The molecule has 1 fully saturated rings. The van der Waals surface area contributed by atoms with E-state index in [-0.39, 0.29) is 6.42 Å². The van der Waals surface area contributed by atoms with Gasteiger partial charge in [0.15, 0.2) is 0 Å². The summed E-state index contributed by atoms with van der Waals surface area (Å²) in [6, 6.07) is 6.94. The number of halogens is 2. The van der Waals surface area contributed by atoms with Gasteiger partial charge in [-0.3, -0.25) is 0 Å². The smallest absolute Gasteiger partial charge is 0.211 e. The van der Waals surface area contributed by atoms with E-state index >= 15 is 0 Å². The number of hydrogen-bond acceptors (Lipinski definition) is 2. The highest BCUT2D eigenvalue weighted by molar-refractivity contribution is 5.44. The van der Waals surface area contributed by atoms with Crippen LogP contribution in [0.2, 0.25) is 0 Å². The Balaban J connectivity index is 2.37. The predicted molar refractivity (Wildman–Crippen MR) is 55.2 cm³/mol. The zero-order valence-corrected chi connectivity index (χ0v) is 8.62. The fourth-order valence-electron chi connectivity index (χ4n) is 1.97. The number of carbonyl (C=O) groups excluding carboxylic acids is 1. The van der Waals surface area contributed by atoms with Gasteiger partial charge in [-0.15, -0.1) is 0 Å². The number of hydrogen-bond donors (Lipinski definition) is 0. The number of benzene rings is 1. The minimum Gasteiger partial charge on any atom is -0.211 e. The second-order valence-electron chi connectivity index (χ2n) is 3.99. The molecule has 1 aromatic carbocycles. The number of nitrogens with zero attached hydrogens (tertiary/aromatic N) is 1. The normalized spacial score (nSPS) is 16.9. The van der Waals surface area contributed by atoms with E-state index in [1.165, 1.54) is 6.08 Å². The van der Waals surface area contributed by atoms with Crippen LogP contribution in [0.25, 0.3) is 0 Å². The van der Waals surface area contributed by atoms with Crippen molar-refractivity contribution in [1.82, 2.24) is 0 Å². The molecule has 1 aromatic rings. The molecule has 2 nitrogen and oxygen atoms in total. The molecule has 0 radical (unpaired) electrons. The van der Waals surface area contributed by atoms with Crippen LogP contribution >= 0.6 is 0 Å². The van der Waals surface area contributed by atoms with Gasteiger partial charge in [-0.2, -0.15) is 4.99 Å². The van der Waals surface area contributed by atoms with Crippen LogP contribution in [0.1, 0.15) is 24.0 Å². The quantitative estimate of drug-likeness (QED) is 0.570. The largest absolute Gasteiger partial charge is 0.242 e. The average molecular weight is 223 g/mol. The van der Waals surface area contributed by atoms with E-state index in [4.69, 9.17) is 0 Å². The van der Waals surface area contributed by atoms with Crippen molar-refractivity contribution >= 4 is 6.08 Å². The molecule has 0 aromatic heterocycles. The third kappa shape index (κ3) is 2.02. The molecule has 4 heteroatoms. The molecule has 0 spiro atoms. The van der Waals surface area contributed by atoms with Crippen LogP contribution in [-0.4, -0.2) is 12.5 Å². The fraction of sp³-hybridized carbons (Fsp3) is 0.417. The van der Waals surface area contributed by atoms with Crippen molar-refractivity contribution in [2.75, 3.05) is 0 Å². The molecule has 0 atom stereocenters. The van der Waals surface area contributed by atoms with Crippen molar-refractivity contribution in [3.8, 4) is 0 Å². The lowest BCUT2D eigenvalue weighted by Gasteiger charge is -2.13. The molecule has 0 aliphatic heterocycles. The van der Waals surface area contributed by atoms with E-state index in [9.17, 15) is 13.6 Å². The van der Waals surface area contributed by atoms with E-state index < -0.39 is 12.0 Å². The second-order valence-corrected chi connectivity index (χ2v) is 3.99. The first-order chi connectivity index (χ1) is 7.68. The lowest BCUT2D eigenvalue weighted by Crippen LogP contribution is -2.09. The number of rotatable bonds is 4. The fourth-order valence-corrected chi connectivity index (χ4v) is 1.97. The Morgan fingerprint density at radius 2 is 2.06 bits per heavy atom. The first-order valence-electron chi connectivity index (χ1n) is 5.13. The van der Waals surface area contributed by atoms with Crippen molar-refractivity contribution in [3.63, 3.8) is 0 Å². The van der Waals surface area contributed by atoms with E-state index in [0.717, 1.165) is 18.4 Å². The molecular formula is C12H11F2NO. The van der Waals surface area contributed by atoms with Gasteiger partial charge in [0.2, 0.25) is 12.5 Å². The zero-order chi connectivity index (χ0) is 11.6. The predicted octanol–water partition coefficient (Wildman–Crippen LogP) is 2.82. The minimum atomic E-state index is -2.38. The Labute approximate surface area is 92.0 Å². The molecule has 0 bridgehead atoms. The van der Waals surface area contributed by atoms with Crippen LogP contribution in [0.5, 0.6) is 0 Å². The summed E-state index contributed by atoms with van der Waals surface area (Å²) in [7, 11) is 0. The summed E-state index contributed by atoms with van der Waals surface area (Å²) >= 11 is 0. The van der Waals surface area contributed by atoms with Gasteiger partial charge in [0, 0.05) is 6.42 Å². The van der Waals surface area contributed by atoms with Gasteiger partial charge >= 0.3 is 0 Å². The summed E-state index contributed by atoms with van der Waals surface area (Å²) in [5, 5.41) is 0. The number of alkyl halides is 2. The average Bonchev–Trinajstić information content (AvgIpc) is 2.99. The lowest BCUT2D eigenvalue weighted by molar-refractivity contribution is 0.148. The summed E-state index contributed by atoms with van der Waals surface area (Å²) in [5.41, 5.74) is 0.764. The Bertz CT molecular complexity index is 434. The molecule has 1 aliphatic carbocycles. The highest BCUT2D eigenvalue weighted by Gasteiger charge is 2.46. The minimum absolute atomic E-state index is 0.285. The van der Waals surface area contributed by atoms with Crippen LogP contribution < -0.4 is 0 Å². The first kappa shape index (κ1) is 11.0. The summed E-state index contributed by atoms with van der Waals surface area (Å²) in [6.45, 7) is 0. The summed E-state index contributed by atoms with van der Waals surface area (Å²) < 4.78 is 24.8. The van der Waals surface area contributed by atoms with Crippen LogP contribution in [-0.2, 0) is 16.8 Å². The molecule has 0 unspecified atom stereocenters. The maximum absolute atomic E-state index is 12.4. The highest BCUT2D eigenvalue weighted by Crippen LogP contribution is 2.50. The van der Waals surface area contributed by atoms with Gasteiger partial charge < -0.3 is 0 Å². The van der Waals surface area contributed by atoms with Crippen molar-refractivity contribution in [1.29, 1.82) is 0 Å². The van der Waals surface area contributed by atoms with Crippen LogP contribution in [0.15, 0.2) is 29.3 Å². The van der Waals surface area contributed by atoms with Gasteiger partial charge in [0.1, 0.15) is 0 Å². The van der Waals surface area contributed by atoms with Crippen molar-refractivity contribution in [3.05, 3.63) is 35.4 Å².